The Morgan fingerprint density at radius 2 is 2.16 bits per heavy atom. The molecule has 0 saturated carbocycles. The molecular formula is C18H31N5O2. The molecule has 7 nitrogen and oxygen atoms in total. The van der Waals surface area contributed by atoms with Gasteiger partial charge in [-0.2, -0.15) is 0 Å². The Hall–Kier alpha value is -1.70. The van der Waals surface area contributed by atoms with Gasteiger partial charge in [-0.3, -0.25) is 14.9 Å². The Bertz CT molecular complexity index is 515. The second-order valence-corrected chi connectivity index (χ2v) is 6.58. The number of rotatable bonds is 8. The van der Waals surface area contributed by atoms with Crippen LogP contribution in [0.15, 0.2) is 29.4 Å². The Kier molecular flexibility index (Phi) is 8.11. The Labute approximate surface area is 150 Å². The Morgan fingerprint density at radius 1 is 1.36 bits per heavy atom. The van der Waals surface area contributed by atoms with Gasteiger partial charge < -0.3 is 20.5 Å². The van der Waals surface area contributed by atoms with Crippen LogP contribution in [0.25, 0.3) is 0 Å². The van der Waals surface area contributed by atoms with Crippen molar-refractivity contribution in [2.45, 2.75) is 25.9 Å². The lowest BCUT2D eigenvalue weighted by atomic mass is 10.1. The third-order valence-corrected chi connectivity index (χ3v) is 3.99. The van der Waals surface area contributed by atoms with Crippen LogP contribution in [-0.2, 0) is 11.2 Å². The van der Waals surface area contributed by atoms with Crippen molar-refractivity contribution in [1.82, 2.24) is 20.5 Å². The highest BCUT2D eigenvalue weighted by Gasteiger charge is 2.25. The quantitative estimate of drug-likeness (QED) is 0.461. The number of aromatic nitrogens is 1. The summed E-state index contributed by atoms with van der Waals surface area (Å²) in [6, 6.07) is 5.92. The summed E-state index contributed by atoms with van der Waals surface area (Å²) in [4.78, 5) is 11.1. The second-order valence-electron chi connectivity index (χ2n) is 6.58. The maximum absolute atomic E-state index is 10.6. The highest BCUT2D eigenvalue weighted by molar-refractivity contribution is 5.79. The summed E-state index contributed by atoms with van der Waals surface area (Å²) < 4.78 is 5.35. The molecule has 0 bridgehead atoms. The van der Waals surface area contributed by atoms with Crippen molar-refractivity contribution in [3.8, 4) is 0 Å². The third-order valence-electron chi connectivity index (χ3n) is 3.99. The standard InChI is InChI=1S/C18H31N5O2/c1-3-19-17(21-9-7-16-6-4-5-8-20-16)22-14-18(2,24)15-23-10-12-25-13-11-23/h4-6,8,24H,3,7,9-15H2,1-2H3,(H2,19,21,22). The average molecular weight is 349 g/mol. The molecule has 0 radical (unpaired) electrons. The van der Waals surface area contributed by atoms with Gasteiger partial charge in [0.1, 0.15) is 0 Å². The molecule has 25 heavy (non-hydrogen) atoms. The van der Waals surface area contributed by atoms with Gasteiger partial charge in [0.2, 0.25) is 0 Å². The number of nitrogens with one attached hydrogen (secondary N) is 2. The normalized spacial score (nSPS) is 18.6. The molecule has 1 aromatic heterocycles. The molecule has 3 N–H and O–H groups in total. The molecule has 2 rings (SSSR count). The number of pyridine rings is 1. The minimum absolute atomic E-state index is 0.350. The molecule has 1 unspecified atom stereocenters. The molecule has 1 aliphatic heterocycles. The van der Waals surface area contributed by atoms with Gasteiger partial charge in [0.05, 0.1) is 25.4 Å². The fourth-order valence-electron chi connectivity index (χ4n) is 2.74. The summed E-state index contributed by atoms with van der Waals surface area (Å²) in [6.45, 7) is 9.54. The van der Waals surface area contributed by atoms with Crippen LogP contribution in [0.1, 0.15) is 19.5 Å². The lowest BCUT2D eigenvalue weighted by molar-refractivity contribution is -0.0179. The lowest BCUT2D eigenvalue weighted by Gasteiger charge is -2.33. The molecule has 0 aromatic carbocycles. The van der Waals surface area contributed by atoms with Crippen LogP contribution < -0.4 is 10.6 Å². The van der Waals surface area contributed by atoms with E-state index in [1.807, 2.05) is 32.0 Å². The van der Waals surface area contributed by atoms with E-state index < -0.39 is 5.60 Å². The molecule has 1 fully saturated rings. The number of hydrogen-bond acceptors (Lipinski definition) is 5. The molecule has 0 aliphatic carbocycles. The molecule has 140 valence electrons. The van der Waals surface area contributed by atoms with E-state index in [0.717, 1.165) is 57.5 Å². The maximum Gasteiger partial charge on any atom is 0.191 e. The van der Waals surface area contributed by atoms with Gasteiger partial charge in [-0.15, -0.1) is 0 Å². The number of aliphatic imine (C=N–C) groups is 1. The van der Waals surface area contributed by atoms with E-state index >= 15 is 0 Å². The van der Waals surface area contributed by atoms with Crippen LogP contribution >= 0.6 is 0 Å². The number of morpholine rings is 1. The van der Waals surface area contributed by atoms with Gasteiger partial charge in [-0.05, 0) is 26.0 Å². The number of aliphatic hydroxyl groups is 1. The van der Waals surface area contributed by atoms with Crippen molar-refractivity contribution in [3.05, 3.63) is 30.1 Å². The Morgan fingerprint density at radius 3 is 2.84 bits per heavy atom. The number of guanidine groups is 1. The van der Waals surface area contributed by atoms with Gasteiger partial charge in [-0.25, -0.2) is 0 Å². The summed E-state index contributed by atoms with van der Waals surface area (Å²) in [5, 5.41) is 17.2. The first-order chi connectivity index (χ1) is 12.1. The van der Waals surface area contributed by atoms with Gasteiger partial charge in [-0.1, -0.05) is 6.07 Å². The molecule has 0 spiro atoms. The largest absolute Gasteiger partial charge is 0.387 e. The predicted molar refractivity (Wildman–Crippen MR) is 99.8 cm³/mol. The van der Waals surface area contributed by atoms with E-state index in [1.165, 1.54) is 0 Å². The van der Waals surface area contributed by atoms with Gasteiger partial charge in [0.15, 0.2) is 5.96 Å². The summed E-state index contributed by atoms with van der Waals surface area (Å²) in [5.41, 5.74) is 0.186. The molecule has 1 saturated heterocycles. The summed E-state index contributed by atoms with van der Waals surface area (Å²) in [7, 11) is 0. The zero-order valence-corrected chi connectivity index (χ0v) is 15.4. The molecule has 1 aromatic rings. The first-order valence-corrected chi connectivity index (χ1v) is 9.03. The fraction of sp³-hybridized carbons (Fsp3) is 0.667. The molecule has 0 amide bonds. The zero-order valence-electron chi connectivity index (χ0n) is 15.4. The number of nitrogens with zero attached hydrogens (tertiary/aromatic N) is 3. The predicted octanol–water partition coefficient (Wildman–Crippen LogP) is 0.262. The van der Waals surface area contributed by atoms with E-state index in [4.69, 9.17) is 4.74 Å². The van der Waals surface area contributed by atoms with Crippen molar-refractivity contribution in [2.24, 2.45) is 4.99 Å². The first-order valence-electron chi connectivity index (χ1n) is 9.03. The third kappa shape index (κ3) is 7.81. The topological polar surface area (TPSA) is 82.0 Å². The molecule has 1 atom stereocenters. The highest BCUT2D eigenvalue weighted by atomic mass is 16.5. The lowest BCUT2D eigenvalue weighted by Crippen LogP contribution is -2.48. The summed E-state index contributed by atoms with van der Waals surface area (Å²) in [5.74, 6) is 0.723. The molecule has 2 heterocycles. The first kappa shape index (κ1) is 19.6. The Balaban J connectivity index is 1.80. The van der Waals surface area contributed by atoms with Crippen LogP contribution in [0.2, 0.25) is 0 Å². The number of β-amino-alcohol motifs (C(OH)–C–C–N with tert-alkyl or cyclic N) is 1. The van der Waals surface area contributed by atoms with E-state index in [9.17, 15) is 5.11 Å². The smallest absolute Gasteiger partial charge is 0.191 e. The minimum Gasteiger partial charge on any atom is -0.387 e. The molecule has 7 heteroatoms. The molecular weight excluding hydrogens is 318 g/mol. The SMILES string of the molecule is CCNC(=NCC(C)(O)CN1CCOCC1)NCCc1ccccn1. The maximum atomic E-state index is 10.6. The van der Waals surface area contributed by atoms with Crippen LogP contribution in [0.5, 0.6) is 0 Å². The van der Waals surface area contributed by atoms with E-state index in [1.54, 1.807) is 6.20 Å². The van der Waals surface area contributed by atoms with Gasteiger partial charge >= 0.3 is 0 Å². The van der Waals surface area contributed by atoms with E-state index in [2.05, 4.69) is 25.5 Å². The number of hydrogen-bond donors (Lipinski definition) is 3. The number of ether oxygens (including phenoxy) is 1. The van der Waals surface area contributed by atoms with Crippen molar-refractivity contribution < 1.29 is 9.84 Å². The van der Waals surface area contributed by atoms with Crippen molar-refractivity contribution in [2.75, 3.05) is 52.5 Å². The molecule has 1 aliphatic rings. The summed E-state index contributed by atoms with van der Waals surface area (Å²) >= 11 is 0. The average Bonchev–Trinajstić information content (AvgIpc) is 2.61. The van der Waals surface area contributed by atoms with E-state index in [-0.39, 0.29) is 0 Å². The monoisotopic (exact) mass is 349 g/mol. The fourth-order valence-corrected chi connectivity index (χ4v) is 2.74. The van der Waals surface area contributed by atoms with Crippen LogP contribution in [0.3, 0.4) is 0 Å². The second kappa shape index (κ2) is 10.3. The van der Waals surface area contributed by atoms with Crippen LogP contribution in [0.4, 0.5) is 0 Å². The minimum atomic E-state index is -0.860. The summed E-state index contributed by atoms with van der Waals surface area (Å²) in [6.07, 6.45) is 2.63. The van der Waals surface area contributed by atoms with Crippen molar-refractivity contribution in [1.29, 1.82) is 0 Å². The highest BCUT2D eigenvalue weighted by Crippen LogP contribution is 2.09. The van der Waals surface area contributed by atoms with E-state index in [0.29, 0.717) is 13.1 Å². The van der Waals surface area contributed by atoms with Crippen molar-refractivity contribution in [3.63, 3.8) is 0 Å². The van der Waals surface area contributed by atoms with Gasteiger partial charge in [0.25, 0.3) is 0 Å². The zero-order chi connectivity index (χ0) is 18.0. The van der Waals surface area contributed by atoms with Gasteiger partial charge in [0, 0.05) is 51.0 Å². The van der Waals surface area contributed by atoms with Crippen LogP contribution in [-0.4, -0.2) is 79.0 Å². The van der Waals surface area contributed by atoms with Crippen molar-refractivity contribution >= 4 is 5.96 Å². The van der Waals surface area contributed by atoms with Crippen LogP contribution in [0, 0.1) is 0 Å².